The fraction of sp³-hybridized carbons (Fsp3) is 0.333. The number of aliphatic hydroxyl groups excluding tert-OH is 1. The minimum Gasteiger partial charge on any atom is -0.392 e. The molecule has 4 aromatic rings. The zero-order valence-electron chi connectivity index (χ0n) is 24.0. The van der Waals surface area contributed by atoms with Crippen LogP contribution < -0.4 is 10.2 Å². The first-order valence-corrected chi connectivity index (χ1v) is 14.7. The Balaban J connectivity index is 1.11. The number of hydrogen-bond donors (Lipinski definition) is 2. The van der Waals surface area contributed by atoms with E-state index in [1.54, 1.807) is 36.9 Å². The van der Waals surface area contributed by atoms with E-state index in [0.717, 1.165) is 67.3 Å². The Kier molecular flexibility index (Phi) is 9.29. The molecule has 43 heavy (non-hydrogen) atoms. The Bertz CT molecular complexity index is 1450. The van der Waals surface area contributed by atoms with Gasteiger partial charge in [-0.25, -0.2) is 9.97 Å². The lowest BCUT2D eigenvalue weighted by molar-refractivity contribution is -0.253. The predicted molar refractivity (Wildman–Crippen MR) is 161 cm³/mol. The summed E-state index contributed by atoms with van der Waals surface area (Å²) in [5.41, 5.74) is 4.37. The van der Waals surface area contributed by atoms with Gasteiger partial charge < -0.3 is 24.8 Å². The van der Waals surface area contributed by atoms with Gasteiger partial charge in [0.25, 0.3) is 5.91 Å². The predicted octanol–water partition coefficient (Wildman–Crippen LogP) is 3.66. The number of amides is 1. The summed E-state index contributed by atoms with van der Waals surface area (Å²) in [5, 5.41) is 12.4. The summed E-state index contributed by atoms with van der Waals surface area (Å²) in [6.45, 7) is 4.74. The number of anilines is 1. The smallest absolute Gasteiger partial charge is 0.253 e. The minimum atomic E-state index is -0.528. The lowest BCUT2D eigenvalue weighted by Gasteiger charge is -2.40. The van der Waals surface area contributed by atoms with Crippen LogP contribution in [-0.2, 0) is 22.6 Å². The molecule has 2 N–H and O–H groups in total. The molecule has 222 valence electrons. The van der Waals surface area contributed by atoms with Crippen LogP contribution in [0.15, 0.2) is 91.5 Å². The summed E-state index contributed by atoms with van der Waals surface area (Å²) in [6.07, 6.45) is 6.79. The van der Waals surface area contributed by atoms with Crippen LogP contribution in [0, 0.1) is 0 Å². The van der Waals surface area contributed by atoms with Gasteiger partial charge in [-0.2, -0.15) is 0 Å². The van der Waals surface area contributed by atoms with Gasteiger partial charge in [0.2, 0.25) is 5.95 Å². The third-order valence-corrected chi connectivity index (χ3v) is 7.91. The number of ether oxygens (including phenoxy) is 2. The van der Waals surface area contributed by atoms with Crippen LogP contribution in [0.4, 0.5) is 5.95 Å². The number of hydrogen-bond acceptors (Lipinski definition) is 9. The first kappa shape index (κ1) is 28.9. The van der Waals surface area contributed by atoms with Crippen molar-refractivity contribution in [3.63, 3.8) is 0 Å². The van der Waals surface area contributed by atoms with Gasteiger partial charge in [0.15, 0.2) is 6.29 Å². The number of carbonyl (C=O) groups excluding carboxylic acids is 1. The first-order chi connectivity index (χ1) is 21.1. The molecule has 10 heteroatoms. The number of piperazine rings is 1. The van der Waals surface area contributed by atoms with Crippen LogP contribution in [0.3, 0.4) is 0 Å². The number of aromatic nitrogens is 3. The van der Waals surface area contributed by atoms with Crippen molar-refractivity contribution in [1.29, 1.82) is 0 Å². The van der Waals surface area contributed by atoms with Crippen molar-refractivity contribution in [3.8, 4) is 0 Å². The fourth-order valence-electron chi connectivity index (χ4n) is 5.48. The van der Waals surface area contributed by atoms with Gasteiger partial charge in [-0.1, -0.05) is 48.5 Å². The summed E-state index contributed by atoms with van der Waals surface area (Å²) < 4.78 is 13.1. The molecule has 2 aliphatic rings. The Morgan fingerprint density at radius 2 is 1.58 bits per heavy atom. The molecule has 6 rings (SSSR count). The van der Waals surface area contributed by atoms with Gasteiger partial charge in [0, 0.05) is 76.0 Å². The van der Waals surface area contributed by atoms with Crippen LogP contribution in [0.5, 0.6) is 0 Å². The van der Waals surface area contributed by atoms with Gasteiger partial charge in [-0.3, -0.25) is 14.7 Å². The maximum Gasteiger partial charge on any atom is 0.253 e. The zero-order chi connectivity index (χ0) is 29.4. The molecule has 0 spiro atoms. The highest BCUT2D eigenvalue weighted by Gasteiger charge is 2.34. The molecular weight excluding hydrogens is 544 g/mol. The van der Waals surface area contributed by atoms with Crippen molar-refractivity contribution >= 4 is 11.9 Å². The summed E-state index contributed by atoms with van der Waals surface area (Å²) in [6, 6.07) is 21.3. The Hall–Kier alpha value is -4.22. The average Bonchev–Trinajstić information content (AvgIpc) is 3.08. The van der Waals surface area contributed by atoms with Gasteiger partial charge in [0.1, 0.15) is 0 Å². The average molecular weight is 581 g/mol. The quantitative estimate of drug-likeness (QED) is 0.306. The molecule has 3 atom stereocenters. The van der Waals surface area contributed by atoms with E-state index in [9.17, 15) is 9.90 Å². The van der Waals surface area contributed by atoms with Gasteiger partial charge in [-0.15, -0.1) is 0 Å². The topological polar surface area (TPSA) is 113 Å². The summed E-state index contributed by atoms with van der Waals surface area (Å²) in [5.74, 6) is 0.613. The SMILES string of the molecule is O=C(NCc1ccc([C@@H]2O[C@H](CN3CCN(c4ncccn4)CC3)C[C@H](c3ccc(CO)cc3)O2)cc1)c1cccnc1. The molecule has 0 aliphatic carbocycles. The normalized spacial score (nSPS) is 21.0. The molecule has 2 fully saturated rings. The first-order valence-electron chi connectivity index (χ1n) is 14.7. The van der Waals surface area contributed by atoms with Crippen molar-refractivity contribution in [2.75, 3.05) is 37.6 Å². The summed E-state index contributed by atoms with van der Waals surface area (Å²) >= 11 is 0. The van der Waals surface area contributed by atoms with Crippen LogP contribution in [0.25, 0.3) is 0 Å². The molecule has 10 nitrogen and oxygen atoms in total. The van der Waals surface area contributed by atoms with Gasteiger partial charge >= 0.3 is 0 Å². The molecule has 2 aromatic heterocycles. The number of benzene rings is 2. The van der Waals surface area contributed by atoms with E-state index in [-0.39, 0.29) is 24.7 Å². The lowest BCUT2D eigenvalue weighted by atomic mass is 9.99. The highest BCUT2D eigenvalue weighted by molar-refractivity contribution is 5.93. The number of nitrogens with zero attached hydrogens (tertiary/aromatic N) is 5. The maximum atomic E-state index is 12.4. The second-order valence-electron chi connectivity index (χ2n) is 10.9. The van der Waals surface area contributed by atoms with Crippen LogP contribution in [0.1, 0.15) is 51.4 Å². The van der Waals surface area contributed by atoms with Crippen LogP contribution in [0.2, 0.25) is 0 Å². The number of carbonyl (C=O) groups is 1. The Morgan fingerprint density at radius 3 is 2.28 bits per heavy atom. The third kappa shape index (κ3) is 7.41. The summed E-state index contributed by atoms with van der Waals surface area (Å²) in [7, 11) is 0. The second-order valence-corrected chi connectivity index (χ2v) is 10.9. The molecule has 0 radical (unpaired) electrons. The maximum absolute atomic E-state index is 12.4. The van der Waals surface area contributed by atoms with Crippen molar-refractivity contribution in [3.05, 3.63) is 119 Å². The van der Waals surface area contributed by atoms with E-state index in [2.05, 4.69) is 30.1 Å². The second kappa shape index (κ2) is 13.8. The fourth-order valence-corrected chi connectivity index (χ4v) is 5.48. The highest BCUT2D eigenvalue weighted by Crippen LogP contribution is 2.38. The number of pyridine rings is 1. The van der Waals surface area contributed by atoms with E-state index in [1.165, 1.54) is 0 Å². The lowest BCUT2D eigenvalue weighted by Crippen LogP contribution is -2.50. The number of nitrogens with one attached hydrogen (secondary N) is 1. The Morgan fingerprint density at radius 1 is 0.860 bits per heavy atom. The molecular formula is C33H36N6O4. The highest BCUT2D eigenvalue weighted by atomic mass is 16.7. The van der Waals surface area contributed by atoms with E-state index in [0.29, 0.717) is 12.1 Å². The molecule has 2 aliphatic heterocycles. The standard InChI is InChI=1S/C33H36N6O4/c40-23-25-6-8-26(9-7-25)30-19-29(22-38-15-17-39(18-16-38)33-35-13-2-14-36-33)42-32(43-30)27-10-4-24(5-11-27)20-37-31(41)28-3-1-12-34-21-28/h1-14,21,29-30,32,40H,15-20,22-23H2,(H,37,41)/t29-,30+,32+/m0/s1. The largest absolute Gasteiger partial charge is 0.392 e. The van der Waals surface area contributed by atoms with Gasteiger partial charge in [0.05, 0.1) is 24.4 Å². The Labute approximate surface area is 251 Å². The van der Waals surface area contributed by atoms with E-state index in [4.69, 9.17) is 9.47 Å². The van der Waals surface area contributed by atoms with Crippen molar-refractivity contribution in [1.82, 2.24) is 25.2 Å². The molecule has 0 unspecified atom stereocenters. The zero-order valence-corrected chi connectivity index (χ0v) is 24.0. The van der Waals surface area contributed by atoms with Gasteiger partial charge in [-0.05, 0) is 34.9 Å². The minimum absolute atomic E-state index is 0.00913. The third-order valence-electron chi connectivity index (χ3n) is 7.91. The van der Waals surface area contributed by atoms with Crippen molar-refractivity contribution < 1.29 is 19.4 Å². The number of rotatable bonds is 9. The van der Waals surface area contributed by atoms with Crippen molar-refractivity contribution in [2.45, 2.75) is 38.1 Å². The van der Waals surface area contributed by atoms with Crippen LogP contribution >= 0.6 is 0 Å². The van der Waals surface area contributed by atoms with E-state index < -0.39 is 6.29 Å². The van der Waals surface area contributed by atoms with Crippen LogP contribution in [-0.4, -0.2) is 69.7 Å². The molecule has 1 amide bonds. The molecule has 2 saturated heterocycles. The van der Waals surface area contributed by atoms with E-state index in [1.807, 2.05) is 54.6 Å². The van der Waals surface area contributed by atoms with E-state index >= 15 is 0 Å². The molecule has 4 heterocycles. The molecule has 2 aromatic carbocycles. The monoisotopic (exact) mass is 580 g/mol. The number of aliphatic hydroxyl groups is 1. The molecule has 0 bridgehead atoms. The summed E-state index contributed by atoms with van der Waals surface area (Å²) in [4.78, 5) is 29.9. The van der Waals surface area contributed by atoms with Crippen molar-refractivity contribution in [2.24, 2.45) is 0 Å². The molecule has 0 saturated carbocycles.